The molecular weight excluding hydrogens is 434 g/mol. The van der Waals surface area contributed by atoms with Gasteiger partial charge in [0, 0.05) is 19.6 Å². The van der Waals surface area contributed by atoms with Crippen molar-refractivity contribution in [3.05, 3.63) is 10.5 Å². The molecule has 7 heteroatoms. The fourth-order valence-corrected chi connectivity index (χ4v) is 9.19. The van der Waals surface area contributed by atoms with Crippen molar-refractivity contribution < 1.29 is 9.53 Å². The molecule has 0 saturated heterocycles. The number of nitrogens with one attached hydrogen (secondary N) is 1. The topological polar surface area (TPSA) is 64.1 Å². The van der Waals surface area contributed by atoms with Gasteiger partial charge in [0.05, 0.1) is 6.54 Å². The quantitative estimate of drug-likeness (QED) is 0.661. The second-order valence-corrected chi connectivity index (χ2v) is 12.2. The molecule has 4 aliphatic rings. The van der Waals surface area contributed by atoms with Crippen LogP contribution in [0.3, 0.4) is 0 Å². The Balaban J connectivity index is 0.00000141. The molecule has 0 aliphatic heterocycles. The molecule has 8 unspecified atom stereocenters. The van der Waals surface area contributed by atoms with Crippen molar-refractivity contribution in [3.8, 4) is 0 Å². The van der Waals surface area contributed by atoms with Gasteiger partial charge in [-0.15, -0.1) is 0 Å². The number of imidazole rings is 1. The SMILES string of the molecule is CC.[B]c1[nH]c(=O)n(CC(=O)C2CCC3C4CCC5CC(COC)CCC5(C)C4CCC23C)c1[B]. The van der Waals surface area contributed by atoms with E-state index in [0.29, 0.717) is 11.3 Å². The number of nitrogens with zero attached hydrogens (tertiary/aromatic N) is 1. The molecule has 0 bridgehead atoms. The zero-order valence-corrected chi connectivity index (χ0v) is 22.6. The molecule has 1 N–H and O–H groups in total. The summed E-state index contributed by atoms with van der Waals surface area (Å²) in [6.45, 7) is 9.89. The third kappa shape index (κ3) is 4.42. The molecule has 190 valence electrons. The Morgan fingerprint density at radius 3 is 2.37 bits per heavy atom. The fourth-order valence-electron chi connectivity index (χ4n) is 9.19. The number of aromatic amines is 1. The van der Waals surface area contributed by atoms with Crippen molar-refractivity contribution in [2.45, 2.75) is 92.0 Å². The highest BCUT2D eigenvalue weighted by Gasteiger charge is 2.61. The number of ether oxygens (including phenoxy) is 1. The van der Waals surface area contributed by atoms with Gasteiger partial charge >= 0.3 is 5.69 Å². The average Bonchev–Trinajstić information content (AvgIpc) is 3.31. The third-order valence-corrected chi connectivity index (χ3v) is 10.9. The highest BCUT2D eigenvalue weighted by Crippen LogP contribution is 2.67. The Labute approximate surface area is 214 Å². The van der Waals surface area contributed by atoms with E-state index in [1.54, 1.807) is 0 Å². The van der Waals surface area contributed by atoms with E-state index in [9.17, 15) is 9.59 Å². The molecule has 5 nitrogen and oxygen atoms in total. The van der Waals surface area contributed by atoms with Crippen LogP contribution in [-0.2, 0) is 16.1 Å². The second-order valence-electron chi connectivity index (χ2n) is 12.2. The van der Waals surface area contributed by atoms with Crippen molar-refractivity contribution in [2.24, 2.45) is 46.3 Å². The maximum Gasteiger partial charge on any atom is 0.324 e. The molecule has 0 amide bonds. The Morgan fingerprint density at radius 1 is 1.03 bits per heavy atom. The van der Waals surface area contributed by atoms with Crippen LogP contribution in [0.5, 0.6) is 0 Å². The lowest BCUT2D eigenvalue weighted by Crippen LogP contribution is -2.54. The first-order chi connectivity index (χ1) is 16.7. The molecular formula is C28H44B2N2O3. The average molecular weight is 478 g/mol. The first kappa shape index (κ1) is 26.8. The van der Waals surface area contributed by atoms with Gasteiger partial charge in [-0.1, -0.05) is 27.7 Å². The summed E-state index contributed by atoms with van der Waals surface area (Å²) in [5.41, 5.74) is 0.411. The molecule has 4 saturated carbocycles. The van der Waals surface area contributed by atoms with Crippen LogP contribution in [0.2, 0.25) is 0 Å². The number of aromatic nitrogens is 2. The minimum absolute atomic E-state index is 0.00819. The predicted molar refractivity (Wildman–Crippen MR) is 143 cm³/mol. The smallest absolute Gasteiger partial charge is 0.324 e. The minimum atomic E-state index is -0.392. The van der Waals surface area contributed by atoms with Gasteiger partial charge in [0.1, 0.15) is 15.7 Å². The highest BCUT2D eigenvalue weighted by molar-refractivity contribution is 6.46. The lowest BCUT2D eigenvalue weighted by molar-refractivity contribution is -0.138. The van der Waals surface area contributed by atoms with Gasteiger partial charge in [0.15, 0.2) is 5.78 Å². The van der Waals surface area contributed by atoms with Gasteiger partial charge in [-0.2, -0.15) is 0 Å². The number of hydrogen-bond donors (Lipinski definition) is 1. The first-order valence-electron chi connectivity index (χ1n) is 14.0. The summed E-state index contributed by atoms with van der Waals surface area (Å²) in [7, 11) is 13.5. The molecule has 4 fully saturated rings. The van der Waals surface area contributed by atoms with Gasteiger partial charge in [-0.25, -0.2) is 4.79 Å². The maximum absolute atomic E-state index is 13.5. The molecule has 1 aromatic rings. The second kappa shape index (κ2) is 10.3. The van der Waals surface area contributed by atoms with Crippen LogP contribution < -0.4 is 16.9 Å². The van der Waals surface area contributed by atoms with Gasteiger partial charge in [-0.05, 0) is 109 Å². The monoisotopic (exact) mass is 478 g/mol. The minimum Gasteiger partial charge on any atom is -0.384 e. The first-order valence-corrected chi connectivity index (χ1v) is 14.0. The summed E-state index contributed by atoms with van der Waals surface area (Å²) in [6.07, 6.45) is 11.0. The van der Waals surface area contributed by atoms with E-state index in [1.165, 1.54) is 43.1 Å². The van der Waals surface area contributed by atoms with E-state index in [2.05, 4.69) is 18.8 Å². The Bertz CT molecular complexity index is 974. The Kier molecular flexibility index (Phi) is 7.86. The van der Waals surface area contributed by atoms with Crippen LogP contribution in [0.1, 0.15) is 85.5 Å². The molecule has 4 radical (unpaired) electrons. The van der Waals surface area contributed by atoms with Crippen LogP contribution in [0, 0.1) is 46.3 Å². The van der Waals surface area contributed by atoms with E-state index in [0.717, 1.165) is 49.5 Å². The summed E-state index contributed by atoms with van der Waals surface area (Å²) in [6, 6.07) is 0. The van der Waals surface area contributed by atoms with Crippen LogP contribution in [0.25, 0.3) is 0 Å². The lowest BCUT2D eigenvalue weighted by Gasteiger charge is -2.61. The highest BCUT2D eigenvalue weighted by atomic mass is 16.5. The van der Waals surface area contributed by atoms with Crippen molar-refractivity contribution in [2.75, 3.05) is 13.7 Å². The third-order valence-electron chi connectivity index (χ3n) is 10.9. The van der Waals surface area contributed by atoms with Gasteiger partial charge < -0.3 is 9.72 Å². The predicted octanol–water partition coefficient (Wildman–Crippen LogP) is 3.28. The zero-order chi connectivity index (χ0) is 25.5. The van der Waals surface area contributed by atoms with Crippen molar-refractivity contribution in [1.82, 2.24) is 9.55 Å². The summed E-state index contributed by atoms with van der Waals surface area (Å²) in [5.74, 6) is 3.84. The zero-order valence-electron chi connectivity index (χ0n) is 22.6. The number of carbonyl (C=O) groups is 1. The normalized spacial score (nSPS) is 40.1. The number of fused-ring (bicyclic) bond motifs is 5. The molecule has 0 spiro atoms. The molecule has 8 atom stereocenters. The number of rotatable bonds is 5. The van der Waals surface area contributed by atoms with Gasteiger partial charge in [0.2, 0.25) is 0 Å². The summed E-state index contributed by atoms with van der Waals surface area (Å²) in [5, 5.41) is 0. The van der Waals surface area contributed by atoms with E-state index < -0.39 is 5.69 Å². The fraction of sp³-hybridized carbons (Fsp3) is 0.857. The number of carbonyl (C=O) groups excluding carboxylic acids is 1. The largest absolute Gasteiger partial charge is 0.384 e. The Hall–Kier alpha value is -1.23. The van der Waals surface area contributed by atoms with E-state index in [-0.39, 0.29) is 34.8 Å². The lowest BCUT2D eigenvalue weighted by atomic mass is 9.44. The van der Waals surface area contributed by atoms with Crippen LogP contribution in [0.4, 0.5) is 0 Å². The molecule has 5 rings (SSSR count). The number of ketones is 1. The standard InChI is InChI=1S/C26H38B2N2O3.C2H6/c1-25-10-8-15(14-33-3)12-16(25)4-5-17-18-6-7-20(26(18,2)11-9-19(17)25)21(31)13-30-23(28)22(27)29-24(30)32;1-2/h15-20H,4-14H2,1-3H3,(H,29,32);1-2H3. The number of Topliss-reactive ketones (excluding diaryl/α,β-unsaturated/α-hetero) is 1. The van der Waals surface area contributed by atoms with Crippen LogP contribution in [0.15, 0.2) is 4.79 Å². The molecule has 1 heterocycles. The summed E-state index contributed by atoms with van der Waals surface area (Å²) < 4.78 is 6.80. The van der Waals surface area contributed by atoms with Gasteiger partial charge in [-0.3, -0.25) is 9.36 Å². The summed E-state index contributed by atoms with van der Waals surface area (Å²) >= 11 is 0. The van der Waals surface area contributed by atoms with Crippen molar-refractivity contribution in [1.29, 1.82) is 0 Å². The van der Waals surface area contributed by atoms with E-state index in [4.69, 9.17) is 20.4 Å². The Morgan fingerprint density at radius 2 is 1.71 bits per heavy atom. The van der Waals surface area contributed by atoms with Crippen LogP contribution in [-0.4, -0.2) is 44.7 Å². The maximum atomic E-state index is 13.5. The van der Waals surface area contributed by atoms with E-state index in [1.807, 2.05) is 21.0 Å². The molecule has 35 heavy (non-hydrogen) atoms. The molecule has 1 aromatic heterocycles. The number of H-pyrrole nitrogens is 1. The summed E-state index contributed by atoms with van der Waals surface area (Å²) in [4.78, 5) is 28.2. The van der Waals surface area contributed by atoms with Gasteiger partial charge in [0.25, 0.3) is 0 Å². The number of methoxy groups -OCH3 is 1. The van der Waals surface area contributed by atoms with Crippen molar-refractivity contribution in [3.63, 3.8) is 0 Å². The van der Waals surface area contributed by atoms with E-state index >= 15 is 0 Å². The molecule has 4 aliphatic carbocycles. The van der Waals surface area contributed by atoms with Crippen LogP contribution >= 0.6 is 0 Å². The number of hydrogen-bond acceptors (Lipinski definition) is 3. The van der Waals surface area contributed by atoms with Crippen molar-refractivity contribution >= 4 is 32.7 Å². The molecule has 0 aromatic carbocycles.